The van der Waals surface area contributed by atoms with Gasteiger partial charge in [-0.3, -0.25) is 4.79 Å². The van der Waals surface area contributed by atoms with E-state index in [1.54, 1.807) is 36.0 Å². The van der Waals surface area contributed by atoms with E-state index in [2.05, 4.69) is 15.4 Å². The number of thiophene rings is 1. The fourth-order valence-electron chi connectivity index (χ4n) is 2.32. The SMILES string of the molecule is Cn1ncnc1-c1csc(C(=O)NC(N)Cc2ccccc2F)c1. The van der Waals surface area contributed by atoms with Gasteiger partial charge in [-0.15, -0.1) is 11.3 Å². The highest BCUT2D eigenvalue weighted by molar-refractivity contribution is 7.12. The molecule has 0 aliphatic carbocycles. The van der Waals surface area contributed by atoms with Gasteiger partial charge in [0.1, 0.15) is 12.1 Å². The van der Waals surface area contributed by atoms with Crippen LogP contribution in [0.2, 0.25) is 0 Å². The summed E-state index contributed by atoms with van der Waals surface area (Å²) in [6, 6.07) is 8.11. The van der Waals surface area contributed by atoms with E-state index < -0.39 is 6.17 Å². The molecule has 0 spiro atoms. The molecule has 0 fully saturated rings. The van der Waals surface area contributed by atoms with Crippen LogP contribution in [0.15, 0.2) is 42.0 Å². The average Bonchev–Trinajstić information content (AvgIpc) is 3.18. The Morgan fingerprint density at radius 2 is 2.25 bits per heavy atom. The second kappa shape index (κ2) is 6.90. The van der Waals surface area contributed by atoms with Gasteiger partial charge in [0.25, 0.3) is 5.91 Å². The molecule has 0 radical (unpaired) electrons. The number of carbonyl (C=O) groups is 1. The third kappa shape index (κ3) is 3.50. The van der Waals surface area contributed by atoms with Gasteiger partial charge in [0.05, 0.1) is 11.0 Å². The fraction of sp³-hybridized carbons (Fsp3) is 0.188. The lowest BCUT2D eigenvalue weighted by molar-refractivity contribution is 0.0942. The molecular formula is C16H16FN5OS. The summed E-state index contributed by atoms with van der Waals surface area (Å²) in [4.78, 5) is 16.9. The van der Waals surface area contributed by atoms with Crippen molar-refractivity contribution >= 4 is 17.2 Å². The zero-order valence-electron chi connectivity index (χ0n) is 12.9. The number of amides is 1. The van der Waals surface area contributed by atoms with Crippen LogP contribution < -0.4 is 11.1 Å². The minimum absolute atomic E-state index is 0.222. The summed E-state index contributed by atoms with van der Waals surface area (Å²) >= 11 is 1.29. The average molecular weight is 345 g/mol. The van der Waals surface area contributed by atoms with E-state index in [1.165, 1.54) is 23.7 Å². The molecule has 124 valence electrons. The van der Waals surface area contributed by atoms with E-state index in [0.29, 0.717) is 16.3 Å². The van der Waals surface area contributed by atoms with Crippen LogP contribution in [0.4, 0.5) is 4.39 Å². The first-order valence-corrected chi connectivity index (χ1v) is 8.15. The molecule has 2 heterocycles. The van der Waals surface area contributed by atoms with Crippen molar-refractivity contribution in [3.8, 4) is 11.4 Å². The van der Waals surface area contributed by atoms with Crippen molar-refractivity contribution in [3.05, 3.63) is 58.3 Å². The van der Waals surface area contributed by atoms with Crippen LogP contribution in [0.3, 0.4) is 0 Å². The number of nitrogens with zero attached hydrogens (tertiary/aromatic N) is 3. The van der Waals surface area contributed by atoms with Crippen molar-refractivity contribution in [2.24, 2.45) is 12.8 Å². The molecule has 8 heteroatoms. The minimum atomic E-state index is -0.672. The maximum atomic E-state index is 13.6. The molecule has 3 N–H and O–H groups in total. The summed E-state index contributed by atoms with van der Waals surface area (Å²) in [7, 11) is 1.78. The lowest BCUT2D eigenvalue weighted by Gasteiger charge is -2.13. The number of carbonyl (C=O) groups excluding carboxylic acids is 1. The van der Waals surface area contributed by atoms with Gasteiger partial charge in [0.2, 0.25) is 0 Å². The predicted molar refractivity (Wildman–Crippen MR) is 89.9 cm³/mol. The van der Waals surface area contributed by atoms with Gasteiger partial charge in [0, 0.05) is 24.4 Å². The first-order valence-electron chi connectivity index (χ1n) is 7.27. The molecule has 1 atom stereocenters. The van der Waals surface area contributed by atoms with Gasteiger partial charge >= 0.3 is 0 Å². The van der Waals surface area contributed by atoms with Crippen LogP contribution >= 0.6 is 11.3 Å². The van der Waals surface area contributed by atoms with E-state index in [9.17, 15) is 9.18 Å². The summed E-state index contributed by atoms with van der Waals surface area (Å²) < 4.78 is 15.3. The third-order valence-electron chi connectivity index (χ3n) is 3.51. The summed E-state index contributed by atoms with van der Waals surface area (Å²) in [6.07, 6.45) is 1.01. The van der Waals surface area contributed by atoms with E-state index in [1.807, 2.05) is 5.38 Å². The number of nitrogens with one attached hydrogen (secondary N) is 1. The maximum Gasteiger partial charge on any atom is 0.262 e. The number of hydrogen-bond acceptors (Lipinski definition) is 5. The van der Waals surface area contributed by atoms with E-state index in [0.717, 1.165) is 5.56 Å². The highest BCUT2D eigenvalue weighted by Crippen LogP contribution is 2.23. The zero-order valence-corrected chi connectivity index (χ0v) is 13.8. The topological polar surface area (TPSA) is 85.8 Å². The number of hydrogen-bond donors (Lipinski definition) is 2. The van der Waals surface area contributed by atoms with Crippen LogP contribution in [0.25, 0.3) is 11.4 Å². The molecule has 1 aromatic carbocycles. The van der Waals surface area contributed by atoms with Crippen molar-refractivity contribution in [3.63, 3.8) is 0 Å². The van der Waals surface area contributed by atoms with Crippen LogP contribution in [0, 0.1) is 5.82 Å². The van der Waals surface area contributed by atoms with Gasteiger partial charge in [-0.25, -0.2) is 14.1 Å². The second-order valence-electron chi connectivity index (χ2n) is 5.28. The van der Waals surface area contributed by atoms with Gasteiger partial charge < -0.3 is 11.1 Å². The maximum absolute atomic E-state index is 13.6. The van der Waals surface area contributed by atoms with Gasteiger partial charge in [-0.1, -0.05) is 18.2 Å². The molecule has 24 heavy (non-hydrogen) atoms. The molecule has 2 aromatic heterocycles. The predicted octanol–water partition coefficient (Wildman–Crippen LogP) is 1.94. The van der Waals surface area contributed by atoms with Crippen LogP contribution in [-0.2, 0) is 13.5 Å². The number of aryl methyl sites for hydroxylation is 1. The van der Waals surface area contributed by atoms with Crippen LogP contribution in [0.5, 0.6) is 0 Å². The Morgan fingerprint density at radius 3 is 2.96 bits per heavy atom. The first kappa shape index (κ1) is 16.3. The quantitative estimate of drug-likeness (QED) is 0.692. The Bertz CT molecular complexity index is 860. The number of aromatic nitrogens is 3. The molecular weight excluding hydrogens is 329 g/mol. The zero-order chi connectivity index (χ0) is 17.1. The number of rotatable bonds is 5. The van der Waals surface area contributed by atoms with Crippen LogP contribution in [-0.4, -0.2) is 26.8 Å². The summed E-state index contributed by atoms with van der Waals surface area (Å²) in [6.45, 7) is 0. The fourth-order valence-corrected chi connectivity index (χ4v) is 3.11. The largest absolute Gasteiger partial charge is 0.336 e. The Balaban J connectivity index is 1.66. The molecule has 0 saturated heterocycles. The Kier molecular flexibility index (Phi) is 4.68. The smallest absolute Gasteiger partial charge is 0.262 e. The van der Waals surface area contributed by atoms with Gasteiger partial charge in [-0.05, 0) is 17.7 Å². The Labute approximate surface area is 142 Å². The summed E-state index contributed by atoms with van der Waals surface area (Å²) in [5.41, 5.74) is 7.20. The molecule has 0 aliphatic heterocycles. The lowest BCUT2D eigenvalue weighted by Crippen LogP contribution is -2.43. The summed E-state index contributed by atoms with van der Waals surface area (Å²) in [5, 5.41) is 8.52. The van der Waals surface area contributed by atoms with Crippen molar-refractivity contribution in [1.82, 2.24) is 20.1 Å². The van der Waals surface area contributed by atoms with Gasteiger partial charge in [-0.2, -0.15) is 5.10 Å². The molecule has 0 aliphatic rings. The molecule has 1 amide bonds. The van der Waals surface area contributed by atoms with Gasteiger partial charge in [0.15, 0.2) is 5.82 Å². The molecule has 3 aromatic rings. The summed E-state index contributed by atoms with van der Waals surface area (Å²) in [5.74, 6) is 0.0566. The molecule has 0 bridgehead atoms. The number of benzene rings is 1. The molecule has 1 unspecified atom stereocenters. The molecule has 3 rings (SSSR count). The Hall–Kier alpha value is -2.58. The normalized spacial score (nSPS) is 12.1. The monoisotopic (exact) mass is 345 g/mol. The lowest BCUT2D eigenvalue weighted by atomic mass is 10.1. The van der Waals surface area contributed by atoms with Crippen molar-refractivity contribution in [2.45, 2.75) is 12.6 Å². The standard InChI is InChI=1S/C16H16FN5OS/c1-22-15(19-9-20-22)11-6-13(24-8-11)16(23)21-14(18)7-10-4-2-3-5-12(10)17/h2-6,8-9,14H,7,18H2,1H3,(H,21,23). The molecule has 0 saturated carbocycles. The Morgan fingerprint density at radius 1 is 1.46 bits per heavy atom. The van der Waals surface area contributed by atoms with Crippen LogP contribution in [0.1, 0.15) is 15.2 Å². The number of nitrogens with two attached hydrogens (primary N) is 1. The van der Waals surface area contributed by atoms with E-state index >= 15 is 0 Å². The van der Waals surface area contributed by atoms with Crippen molar-refractivity contribution in [1.29, 1.82) is 0 Å². The highest BCUT2D eigenvalue weighted by Gasteiger charge is 2.16. The van der Waals surface area contributed by atoms with E-state index in [-0.39, 0.29) is 18.1 Å². The highest BCUT2D eigenvalue weighted by atomic mass is 32.1. The number of halogens is 1. The molecule has 6 nitrogen and oxygen atoms in total. The minimum Gasteiger partial charge on any atom is -0.336 e. The second-order valence-corrected chi connectivity index (χ2v) is 6.19. The van der Waals surface area contributed by atoms with Crippen molar-refractivity contribution < 1.29 is 9.18 Å². The first-order chi connectivity index (χ1) is 11.5. The van der Waals surface area contributed by atoms with E-state index in [4.69, 9.17) is 5.73 Å². The third-order valence-corrected chi connectivity index (χ3v) is 4.44. The van der Waals surface area contributed by atoms with Crippen molar-refractivity contribution in [2.75, 3.05) is 0 Å².